The zero-order chi connectivity index (χ0) is 23.4. The Balaban J connectivity index is 1.74. The van der Waals surface area contributed by atoms with Gasteiger partial charge in [-0.25, -0.2) is 9.78 Å². The molecule has 0 amide bonds. The third-order valence-corrected chi connectivity index (χ3v) is 5.30. The second-order valence-electron chi connectivity index (χ2n) is 6.89. The van der Waals surface area contributed by atoms with Crippen molar-refractivity contribution in [3.8, 4) is 0 Å². The fraction of sp³-hybridized carbons (Fsp3) is 0. The molecule has 4 aromatic rings. The summed E-state index contributed by atoms with van der Waals surface area (Å²) in [5.41, 5.74) is 1.19. The Morgan fingerprint density at radius 1 is 0.788 bits per heavy atom. The number of ether oxygens (including phenoxy) is 1. The number of benzene rings is 3. The van der Waals surface area contributed by atoms with Gasteiger partial charge in [0.15, 0.2) is 0 Å². The van der Waals surface area contributed by atoms with Crippen molar-refractivity contribution in [1.29, 1.82) is 0 Å². The summed E-state index contributed by atoms with van der Waals surface area (Å²) in [6.07, 6.45) is 4.49. The van der Waals surface area contributed by atoms with E-state index in [-0.39, 0.29) is 23.1 Å². The molecule has 0 aliphatic heterocycles. The van der Waals surface area contributed by atoms with Crippen molar-refractivity contribution in [1.82, 2.24) is 9.55 Å². The van der Waals surface area contributed by atoms with E-state index in [0.29, 0.717) is 26.2 Å². The number of aromatic nitrogens is 2. The summed E-state index contributed by atoms with van der Waals surface area (Å²) < 4.78 is 7.02. The van der Waals surface area contributed by atoms with E-state index in [2.05, 4.69) is 4.98 Å². The van der Waals surface area contributed by atoms with Crippen LogP contribution in [0.25, 0.3) is 11.8 Å². The summed E-state index contributed by atoms with van der Waals surface area (Å²) in [5.74, 6) is -0.543. The van der Waals surface area contributed by atoms with Crippen molar-refractivity contribution >= 4 is 58.5 Å². The third-order valence-electron chi connectivity index (χ3n) is 4.59. The lowest BCUT2D eigenvalue weighted by atomic mass is 10.1. The molecule has 0 fully saturated rings. The summed E-state index contributed by atoms with van der Waals surface area (Å²) in [4.78, 5) is 30.1. The Morgan fingerprint density at radius 3 is 1.97 bits per heavy atom. The predicted molar refractivity (Wildman–Crippen MR) is 130 cm³/mol. The Morgan fingerprint density at radius 2 is 1.33 bits per heavy atom. The molecule has 8 heteroatoms. The number of esters is 1. The molecular weight excluding hydrogens is 483 g/mol. The Kier molecular flexibility index (Phi) is 6.94. The highest BCUT2D eigenvalue weighted by molar-refractivity contribution is 6.31. The largest absolute Gasteiger partial charge is 0.422 e. The molecule has 33 heavy (non-hydrogen) atoms. The first kappa shape index (κ1) is 22.8. The van der Waals surface area contributed by atoms with E-state index >= 15 is 0 Å². The maximum Gasteiger partial charge on any atom is 0.343 e. The van der Waals surface area contributed by atoms with Gasteiger partial charge in [-0.15, -0.1) is 0 Å². The van der Waals surface area contributed by atoms with E-state index in [9.17, 15) is 9.59 Å². The smallest absolute Gasteiger partial charge is 0.343 e. The van der Waals surface area contributed by atoms with Gasteiger partial charge >= 0.3 is 5.97 Å². The topological polar surface area (TPSA) is 61.2 Å². The number of carbonyl (C=O) groups excluding carboxylic acids is 2. The van der Waals surface area contributed by atoms with E-state index in [1.807, 2.05) is 0 Å². The van der Waals surface area contributed by atoms with E-state index in [0.717, 1.165) is 0 Å². The Labute approximate surface area is 204 Å². The van der Waals surface area contributed by atoms with Crippen LogP contribution < -0.4 is 0 Å². The first-order valence-electron chi connectivity index (χ1n) is 9.70. The van der Waals surface area contributed by atoms with Crippen LogP contribution in [0.15, 0.2) is 85.2 Å². The van der Waals surface area contributed by atoms with Crippen LogP contribution in [0.4, 0.5) is 0 Å². The van der Waals surface area contributed by atoms with Crippen molar-refractivity contribution in [2.45, 2.75) is 0 Å². The molecule has 0 saturated heterocycles. The zero-order valence-corrected chi connectivity index (χ0v) is 19.2. The van der Waals surface area contributed by atoms with Gasteiger partial charge in [0, 0.05) is 44.7 Å². The molecule has 0 aliphatic carbocycles. The first-order valence-corrected chi connectivity index (χ1v) is 10.8. The molecule has 0 saturated carbocycles. The molecule has 164 valence electrons. The number of halogens is 3. The van der Waals surface area contributed by atoms with Crippen LogP contribution in [0.1, 0.15) is 32.1 Å². The van der Waals surface area contributed by atoms with Crippen LogP contribution in [0.2, 0.25) is 15.1 Å². The zero-order valence-electron chi connectivity index (χ0n) is 16.9. The van der Waals surface area contributed by atoms with Gasteiger partial charge in [0.05, 0.1) is 5.56 Å². The molecule has 0 spiro atoms. The highest BCUT2D eigenvalue weighted by Crippen LogP contribution is 2.25. The maximum atomic E-state index is 13.0. The summed E-state index contributed by atoms with van der Waals surface area (Å²) in [6.45, 7) is 0. The minimum atomic E-state index is -0.622. The van der Waals surface area contributed by atoms with Gasteiger partial charge in [-0.1, -0.05) is 59.1 Å². The molecule has 0 radical (unpaired) electrons. The summed E-state index contributed by atoms with van der Waals surface area (Å²) in [6, 6.07) is 19.8. The van der Waals surface area contributed by atoms with Crippen molar-refractivity contribution < 1.29 is 14.3 Å². The van der Waals surface area contributed by atoms with Crippen molar-refractivity contribution in [3.05, 3.63) is 123 Å². The van der Waals surface area contributed by atoms with Crippen LogP contribution in [0.5, 0.6) is 0 Å². The van der Waals surface area contributed by atoms with Crippen LogP contribution in [0.3, 0.4) is 0 Å². The molecule has 4 rings (SSSR count). The van der Waals surface area contributed by atoms with E-state index in [4.69, 9.17) is 39.5 Å². The predicted octanol–water partition coefficient (Wildman–Crippen LogP) is 6.89. The van der Waals surface area contributed by atoms with Gasteiger partial charge in [0.1, 0.15) is 11.6 Å². The molecule has 0 bridgehead atoms. The lowest BCUT2D eigenvalue weighted by Gasteiger charge is -2.11. The van der Waals surface area contributed by atoms with Gasteiger partial charge in [-0.2, -0.15) is 0 Å². The van der Waals surface area contributed by atoms with Crippen LogP contribution in [-0.4, -0.2) is 21.4 Å². The number of imidazole rings is 1. The Hall–Kier alpha value is -3.38. The molecule has 1 aromatic heterocycles. The van der Waals surface area contributed by atoms with Gasteiger partial charge in [-0.05, 0) is 48.5 Å². The standard InChI is InChI=1S/C25H15Cl3N2O3/c26-19-7-1-4-16(12-19)22(33-25(32)18-6-3-9-21(28)14-18)15-23-29-10-11-30(23)24(31)17-5-2-8-20(27)13-17/h1-15H. The summed E-state index contributed by atoms with van der Waals surface area (Å²) in [7, 11) is 0. The summed E-state index contributed by atoms with van der Waals surface area (Å²) in [5, 5.41) is 1.30. The van der Waals surface area contributed by atoms with Crippen LogP contribution in [0, 0.1) is 0 Å². The van der Waals surface area contributed by atoms with Gasteiger partial charge in [-0.3, -0.25) is 9.36 Å². The quantitative estimate of drug-likeness (QED) is 0.222. The molecule has 1 heterocycles. The van der Waals surface area contributed by atoms with Gasteiger partial charge in [0.2, 0.25) is 0 Å². The maximum absolute atomic E-state index is 13.0. The molecule has 0 atom stereocenters. The normalized spacial score (nSPS) is 11.3. The average Bonchev–Trinajstić information content (AvgIpc) is 3.26. The Bertz CT molecular complexity index is 1380. The number of carbonyl (C=O) groups is 2. The number of rotatable bonds is 5. The lowest BCUT2D eigenvalue weighted by molar-refractivity contribution is 0.0693. The summed E-state index contributed by atoms with van der Waals surface area (Å²) >= 11 is 18.2. The number of nitrogens with zero attached hydrogens (tertiary/aromatic N) is 2. The van der Waals surface area contributed by atoms with Crippen molar-refractivity contribution in [2.24, 2.45) is 0 Å². The fourth-order valence-corrected chi connectivity index (χ4v) is 3.63. The van der Waals surface area contributed by atoms with E-state index in [1.165, 1.54) is 29.1 Å². The second-order valence-corrected chi connectivity index (χ2v) is 8.20. The molecule has 3 aromatic carbocycles. The number of hydrogen-bond acceptors (Lipinski definition) is 4. The molecule has 5 nitrogen and oxygen atoms in total. The van der Waals surface area contributed by atoms with E-state index in [1.54, 1.807) is 66.7 Å². The molecule has 0 unspecified atom stereocenters. The second kappa shape index (κ2) is 10.0. The molecular formula is C25H15Cl3N2O3. The van der Waals surface area contributed by atoms with Crippen LogP contribution in [-0.2, 0) is 4.74 Å². The SMILES string of the molecule is O=C(OC(=Cc1nccn1C(=O)c1cccc(Cl)c1)c1cccc(Cl)c1)c1cccc(Cl)c1. The lowest BCUT2D eigenvalue weighted by Crippen LogP contribution is -2.13. The third kappa shape index (κ3) is 5.52. The number of hydrogen-bond donors (Lipinski definition) is 0. The minimum absolute atomic E-state index is 0.161. The van der Waals surface area contributed by atoms with E-state index < -0.39 is 5.97 Å². The van der Waals surface area contributed by atoms with Crippen LogP contribution >= 0.6 is 34.8 Å². The van der Waals surface area contributed by atoms with Gasteiger partial charge < -0.3 is 4.74 Å². The fourth-order valence-electron chi connectivity index (χ4n) is 3.06. The first-order chi connectivity index (χ1) is 15.9. The highest BCUT2D eigenvalue weighted by Gasteiger charge is 2.17. The monoisotopic (exact) mass is 496 g/mol. The minimum Gasteiger partial charge on any atom is -0.422 e. The average molecular weight is 498 g/mol. The molecule has 0 N–H and O–H groups in total. The molecule has 0 aliphatic rings. The highest BCUT2D eigenvalue weighted by atomic mass is 35.5. The van der Waals surface area contributed by atoms with Crippen molar-refractivity contribution in [2.75, 3.05) is 0 Å². The van der Waals surface area contributed by atoms with Gasteiger partial charge in [0.25, 0.3) is 5.91 Å². The van der Waals surface area contributed by atoms with Crippen molar-refractivity contribution in [3.63, 3.8) is 0 Å².